The van der Waals surface area contributed by atoms with Crippen LogP contribution in [0.25, 0.3) is 0 Å². The van der Waals surface area contributed by atoms with Crippen molar-refractivity contribution in [1.82, 2.24) is 0 Å². The Morgan fingerprint density at radius 3 is 2.53 bits per heavy atom. The van der Waals surface area contributed by atoms with E-state index >= 15 is 0 Å². The van der Waals surface area contributed by atoms with E-state index in [1.54, 1.807) is 24.3 Å². The van der Waals surface area contributed by atoms with Crippen LogP contribution in [-0.2, 0) is 4.79 Å². The fourth-order valence-corrected chi connectivity index (χ4v) is 1.80. The van der Waals surface area contributed by atoms with Crippen molar-refractivity contribution in [2.24, 2.45) is 5.41 Å². The van der Waals surface area contributed by atoms with Crippen LogP contribution in [0.4, 0.5) is 0 Å². The third kappa shape index (κ3) is 5.48. The fraction of sp³-hybridized carbons (Fsp3) is 0.438. The second kappa shape index (κ2) is 7.34. The van der Waals surface area contributed by atoms with E-state index in [-0.39, 0.29) is 5.97 Å². The van der Waals surface area contributed by atoms with E-state index in [9.17, 15) is 4.79 Å². The molecule has 0 atom stereocenters. The number of allylic oxidation sites excluding steroid dienone is 2. The van der Waals surface area contributed by atoms with E-state index < -0.39 is 5.41 Å². The summed E-state index contributed by atoms with van der Waals surface area (Å²) in [6, 6.07) is 6.83. The van der Waals surface area contributed by atoms with E-state index in [1.807, 2.05) is 26.8 Å². The maximum absolute atomic E-state index is 12.1. The molecule has 2 nitrogen and oxygen atoms in total. The third-order valence-corrected chi connectivity index (χ3v) is 3.24. The van der Waals surface area contributed by atoms with Crippen LogP contribution >= 0.6 is 11.6 Å². The molecule has 0 aliphatic rings. The van der Waals surface area contributed by atoms with Crippen molar-refractivity contribution in [2.75, 3.05) is 0 Å². The minimum absolute atomic E-state index is 0.199. The third-order valence-electron chi connectivity index (χ3n) is 2.99. The van der Waals surface area contributed by atoms with Crippen molar-refractivity contribution in [1.29, 1.82) is 0 Å². The molecule has 1 rings (SSSR count). The smallest absolute Gasteiger partial charge is 0.316 e. The lowest BCUT2D eigenvalue weighted by Gasteiger charge is -2.22. The lowest BCUT2D eigenvalue weighted by Crippen LogP contribution is -2.28. The zero-order valence-electron chi connectivity index (χ0n) is 11.8. The van der Waals surface area contributed by atoms with Gasteiger partial charge < -0.3 is 4.74 Å². The number of benzene rings is 1. The summed E-state index contributed by atoms with van der Waals surface area (Å²) in [5, 5.41) is 0.630. The van der Waals surface area contributed by atoms with Gasteiger partial charge in [-0.3, -0.25) is 4.79 Å². The molecule has 0 aromatic heterocycles. The van der Waals surface area contributed by atoms with Crippen molar-refractivity contribution in [2.45, 2.75) is 40.0 Å². The highest BCUT2D eigenvalue weighted by molar-refractivity contribution is 6.30. The first-order valence-electron chi connectivity index (χ1n) is 6.55. The molecule has 0 bridgehead atoms. The summed E-state index contributed by atoms with van der Waals surface area (Å²) in [6.45, 7) is 5.84. The number of carbonyl (C=O) groups is 1. The molecule has 19 heavy (non-hydrogen) atoms. The monoisotopic (exact) mass is 280 g/mol. The van der Waals surface area contributed by atoms with E-state index in [1.165, 1.54) is 0 Å². The highest BCUT2D eigenvalue weighted by Gasteiger charge is 2.29. The second-order valence-electron chi connectivity index (χ2n) is 5.19. The van der Waals surface area contributed by atoms with Gasteiger partial charge in [0, 0.05) is 5.02 Å². The maximum atomic E-state index is 12.1. The summed E-state index contributed by atoms with van der Waals surface area (Å²) in [6.07, 6.45) is 6.92. The van der Waals surface area contributed by atoms with Crippen LogP contribution in [0.5, 0.6) is 5.75 Å². The van der Waals surface area contributed by atoms with E-state index in [0.717, 1.165) is 19.3 Å². The Morgan fingerprint density at radius 2 is 1.95 bits per heavy atom. The average molecular weight is 281 g/mol. The van der Waals surface area contributed by atoms with Gasteiger partial charge >= 0.3 is 5.97 Å². The fourth-order valence-electron chi connectivity index (χ4n) is 1.68. The van der Waals surface area contributed by atoms with Gasteiger partial charge in [0.2, 0.25) is 0 Å². The average Bonchev–Trinajstić information content (AvgIpc) is 2.37. The van der Waals surface area contributed by atoms with Crippen LogP contribution in [0.1, 0.15) is 40.0 Å². The van der Waals surface area contributed by atoms with Crippen LogP contribution in [0.3, 0.4) is 0 Å². The first-order valence-corrected chi connectivity index (χ1v) is 6.92. The maximum Gasteiger partial charge on any atom is 0.316 e. The lowest BCUT2D eigenvalue weighted by atomic mass is 9.87. The molecule has 0 fully saturated rings. The largest absolute Gasteiger partial charge is 0.426 e. The summed E-state index contributed by atoms with van der Waals surface area (Å²) in [5.74, 6) is 0.339. The Labute approximate surface area is 120 Å². The molecule has 0 unspecified atom stereocenters. The van der Waals surface area contributed by atoms with Crippen LogP contribution in [0, 0.1) is 5.41 Å². The topological polar surface area (TPSA) is 26.3 Å². The zero-order chi connectivity index (χ0) is 14.3. The number of hydrogen-bond acceptors (Lipinski definition) is 2. The van der Waals surface area contributed by atoms with Crippen molar-refractivity contribution in [3.63, 3.8) is 0 Å². The van der Waals surface area contributed by atoms with Crippen molar-refractivity contribution >= 4 is 17.6 Å². The normalized spacial score (nSPS) is 11.8. The Kier molecular flexibility index (Phi) is 6.10. The van der Waals surface area contributed by atoms with Gasteiger partial charge in [-0.05, 0) is 64.3 Å². The molecule has 0 saturated heterocycles. The number of halogens is 1. The highest BCUT2D eigenvalue weighted by Crippen LogP contribution is 2.27. The van der Waals surface area contributed by atoms with Gasteiger partial charge in [-0.15, -0.1) is 0 Å². The van der Waals surface area contributed by atoms with E-state index in [4.69, 9.17) is 16.3 Å². The Morgan fingerprint density at radius 1 is 1.32 bits per heavy atom. The molecule has 0 aliphatic carbocycles. The number of rotatable bonds is 6. The SMILES string of the molecule is C/C=C/CCCC(C)(C)C(=O)Oc1ccc(Cl)cc1. The molecule has 1 aromatic rings. The zero-order valence-corrected chi connectivity index (χ0v) is 12.5. The van der Waals surface area contributed by atoms with Gasteiger partial charge in [0.05, 0.1) is 5.41 Å². The van der Waals surface area contributed by atoms with Gasteiger partial charge in [-0.1, -0.05) is 23.8 Å². The quantitative estimate of drug-likeness (QED) is 0.317. The van der Waals surface area contributed by atoms with Gasteiger partial charge in [0.15, 0.2) is 0 Å². The number of unbranched alkanes of at least 4 members (excludes halogenated alkanes) is 1. The standard InChI is InChI=1S/C16H21ClO2/c1-4-5-6-7-12-16(2,3)15(18)19-14-10-8-13(17)9-11-14/h4-5,8-11H,6-7,12H2,1-3H3/b5-4+. The van der Waals surface area contributed by atoms with E-state index in [2.05, 4.69) is 6.08 Å². The molecule has 0 aliphatic heterocycles. The summed E-state index contributed by atoms with van der Waals surface area (Å²) < 4.78 is 5.38. The van der Waals surface area contributed by atoms with Gasteiger partial charge in [0.1, 0.15) is 5.75 Å². The van der Waals surface area contributed by atoms with Gasteiger partial charge in [-0.25, -0.2) is 0 Å². The summed E-state index contributed by atoms with van der Waals surface area (Å²) >= 11 is 5.79. The molecule has 0 amide bonds. The Bertz CT molecular complexity index is 433. The van der Waals surface area contributed by atoms with Crippen molar-refractivity contribution in [3.8, 4) is 5.75 Å². The first kappa shape index (κ1) is 15.8. The summed E-state index contributed by atoms with van der Waals surface area (Å²) in [5.41, 5.74) is -0.471. The minimum atomic E-state index is -0.471. The number of carbonyl (C=O) groups excluding carboxylic acids is 1. The molecule has 3 heteroatoms. The molecule has 0 heterocycles. The predicted molar refractivity (Wildman–Crippen MR) is 79.5 cm³/mol. The molecule has 0 N–H and O–H groups in total. The van der Waals surface area contributed by atoms with Crippen molar-refractivity contribution in [3.05, 3.63) is 41.4 Å². The second-order valence-corrected chi connectivity index (χ2v) is 5.63. The number of ether oxygens (including phenoxy) is 1. The first-order chi connectivity index (χ1) is 8.95. The van der Waals surface area contributed by atoms with Gasteiger partial charge in [0.25, 0.3) is 0 Å². The van der Waals surface area contributed by atoms with Gasteiger partial charge in [-0.2, -0.15) is 0 Å². The molecule has 0 spiro atoms. The van der Waals surface area contributed by atoms with Crippen LogP contribution in [0.15, 0.2) is 36.4 Å². The molecule has 0 saturated carbocycles. The predicted octanol–water partition coefficient (Wildman–Crippen LogP) is 5.02. The molecular weight excluding hydrogens is 260 g/mol. The van der Waals surface area contributed by atoms with Crippen LogP contribution < -0.4 is 4.74 Å². The molecular formula is C16H21ClO2. The molecule has 1 aromatic carbocycles. The lowest BCUT2D eigenvalue weighted by molar-refractivity contribution is -0.144. The van der Waals surface area contributed by atoms with Crippen LogP contribution in [-0.4, -0.2) is 5.97 Å². The number of esters is 1. The highest BCUT2D eigenvalue weighted by atomic mass is 35.5. The summed E-state index contributed by atoms with van der Waals surface area (Å²) in [7, 11) is 0. The molecule has 0 radical (unpaired) electrons. The summed E-state index contributed by atoms with van der Waals surface area (Å²) in [4.78, 5) is 12.1. The molecule has 104 valence electrons. The van der Waals surface area contributed by atoms with Crippen LogP contribution in [0.2, 0.25) is 5.02 Å². The Hall–Kier alpha value is -1.28. The van der Waals surface area contributed by atoms with Crippen molar-refractivity contribution < 1.29 is 9.53 Å². The minimum Gasteiger partial charge on any atom is -0.426 e. The van der Waals surface area contributed by atoms with E-state index in [0.29, 0.717) is 10.8 Å². The number of hydrogen-bond donors (Lipinski definition) is 0. The Balaban J connectivity index is 2.53.